The van der Waals surface area contributed by atoms with E-state index in [0.717, 1.165) is 18.7 Å². The maximum Gasteiger partial charge on any atom is 0.253 e. The van der Waals surface area contributed by atoms with Gasteiger partial charge in [0.15, 0.2) is 0 Å². The van der Waals surface area contributed by atoms with Crippen LogP contribution in [-0.4, -0.2) is 35.6 Å². The quantitative estimate of drug-likeness (QED) is 0.845. The van der Waals surface area contributed by atoms with E-state index < -0.39 is 0 Å². The Morgan fingerprint density at radius 2 is 2.24 bits per heavy atom. The molecule has 2 rings (SSSR count). The molecule has 21 heavy (non-hydrogen) atoms. The average molecular weight is 285 g/mol. The smallest absolute Gasteiger partial charge is 0.253 e. The zero-order chi connectivity index (χ0) is 15.1. The number of benzene rings is 1. The number of hydrogen-bond donors (Lipinski definition) is 1. The van der Waals surface area contributed by atoms with Crippen molar-refractivity contribution in [2.24, 2.45) is 5.92 Å². The number of nitrogens with zero attached hydrogens (tertiary/aromatic N) is 1. The number of carbonyl (C=O) groups is 1. The van der Waals surface area contributed by atoms with Crippen molar-refractivity contribution in [3.63, 3.8) is 0 Å². The van der Waals surface area contributed by atoms with Crippen LogP contribution in [0.1, 0.15) is 48.5 Å². The van der Waals surface area contributed by atoms with Crippen molar-refractivity contribution in [2.75, 3.05) is 19.7 Å². The van der Waals surface area contributed by atoms with Crippen LogP contribution in [0.2, 0.25) is 0 Å². The highest BCUT2D eigenvalue weighted by molar-refractivity contribution is 5.94. The Morgan fingerprint density at radius 1 is 1.43 bits per heavy atom. The van der Waals surface area contributed by atoms with Gasteiger partial charge in [0.05, 0.1) is 6.61 Å². The molecular formula is C18H23NO2. The number of aliphatic hydroxyl groups is 1. The molecule has 0 radical (unpaired) electrons. The first-order valence-corrected chi connectivity index (χ1v) is 7.73. The lowest BCUT2D eigenvalue weighted by atomic mass is 9.85. The molecule has 1 aliphatic rings. The first-order valence-electron chi connectivity index (χ1n) is 7.73. The van der Waals surface area contributed by atoms with E-state index in [9.17, 15) is 4.79 Å². The number of amides is 1. The zero-order valence-electron chi connectivity index (χ0n) is 12.6. The summed E-state index contributed by atoms with van der Waals surface area (Å²) in [6, 6.07) is 7.45. The second-order valence-electron chi connectivity index (χ2n) is 5.50. The molecule has 0 aromatic heterocycles. The van der Waals surface area contributed by atoms with Gasteiger partial charge >= 0.3 is 0 Å². The van der Waals surface area contributed by atoms with E-state index >= 15 is 0 Å². The molecule has 0 saturated heterocycles. The minimum atomic E-state index is 0.0661. The predicted molar refractivity (Wildman–Crippen MR) is 83.9 cm³/mol. The molecule has 1 saturated carbocycles. The molecule has 1 aliphatic carbocycles. The summed E-state index contributed by atoms with van der Waals surface area (Å²) in [4.78, 5) is 14.5. The summed E-state index contributed by atoms with van der Waals surface area (Å²) in [6.07, 6.45) is 4.25. The van der Waals surface area contributed by atoms with Gasteiger partial charge in [0.25, 0.3) is 5.91 Å². The maximum atomic E-state index is 12.6. The molecule has 0 atom stereocenters. The Labute approximate surface area is 127 Å². The van der Waals surface area contributed by atoms with E-state index in [2.05, 4.69) is 11.8 Å². The van der Waals surface area contributed by atoms with E-state index in [0.29, 0.717) is 17.9 Å². The molecule has 0 heterocycles. The molecule has 3 heteroatoms. The van der Waals surface area contributed by atoms with Crippen molar-refractivity contribution in [1.29, 1.82) is 0 Å². The fourth-order valence-corrected chi connectivity index (χ4v) is 2.48. The molecule has 1 N–H and O–H groups in total. The number of rotatable bonds is 5. The molecule has 112 valence electrons. The third kappa shape index (κ3) is 4.34. The Kier molecular flexibility index (Phi) is 5.83. The van der Waals surface area contributed by atoms with E-state index in [4.69, 9.17) is 5.11 Å². The monoisotopic (exact) mass is 285 g/mol. The second kappa shape index (κ2) is 7.85. The molecule has 0 spiro atoms. The number of hydrogen-bond acceptors (Lipinski definition) is 2. The number of carbonyl (C=O) groups excluding carboxylic acids is 1. The molecule has 1 aromatic carbocycles. The van der Waals surface area contributed by atoms with Crippen molar-refractivity contribution in [3.05, 3.63) is 35.4 Å². The summed E-state index contributed by atoms with van der Waals surface area (Å²) >= 11 is 0. The predicted octanol–water partition coefficient (Wildman–Crippen LogP) is 2.68. The van der Waals surface area contributed by atoms with Gasteiger partial charge in [-0.25, -0.2) is 0 Å². The number of aliphatic hydroxyl groups excluding tert-OH is 1. The van der Waals surface area contributed by atoms with Gasteiger partial charge in [0.1, 0.15) is 0 Å². The molecule has 1 amide bonds. The van der Waals surface area contributed by atoms with Gasteiger partial charge in [-0.2, -0.15) is 0 Å². The summed E-state index contributed by atoms with van der Waals surface area (Å²) in [5, 5.41) is 8.74. The van der Waals surface area contributed by atoms with Crippen molar-refractivity contribution in [3.8, 4) is 11.8 Å². The standard InChI is InChI=1S/C18H23NO2/c1-2-19(14-16-9-5-10-16)18(21)17-11-6-8-15(13-17)7-3-4-12-20/h6,8,11,13,16,20H,2,4-5,9-10,12,14H2,1H3. The zero-order valence-corrected chi connectivity index (χ0v) is 12.6. The highest BCUT2D eigenvalue weighted by atomic mass is 16.2. The summed E-state index contributed by atoms with van der Waals surface area (Å²) < 4.78 is 0. The minimum Gasteiger partial charge on any atom is -0.395 e. The van der Waals surface area contributed by atoms with Crippen molar-refractivity contribution in [1.82, 2.24) is 4.90 Å². The van der Waals surface area contributed by atoms with E-state index in [1.807, 2.05) is 36.1 Å². The fraction of sp³-hybridized carbons (Fsp3) is 0.500. The molecule has 0 aliphatic heterocycles. The normalized spacial score (nSPS) is 14.0. The van der Waals surface area contributed by atoms with Crippen LogP contribution in [0, 0.1) is 17.8 Å². The average Bonchev–Trinajstić information content (AvgIpc) is 2.46. The van der Waals surface area contributed by atoms with Crippen LogP contribution in [0.4, 0.5) is 0 Å². The Morgan fingerprint density at radius 3 is 2.86 bits per heavy atom. The first kappa shape index (κ1) is 15.6. The minimum absolute atomic E-state index is 0.0661. The van der Waals surface area contributed by atoms with Crippen molar-refractivity contribution < 1.29 is 9.90 Å². The van der Waals surface area contributed by atoms with Crippen LogP contribution in [0.15, 0.2) is 24.3 Å². The van der Waals surface area contributed by atoms with Crippen LogP contribution in [-0.2, 0) is 0 Å². The highest BCUT2D eigenvalue weighted by Gasteiger charge is 2.23. The topological polar surface area (TPSA) is 40.5 Å². The lowest BCUT2D eigenvalue weighted by molar-refractivity contribution is 0.0706. The lowest BCUT2D eigenvalue weighted by Crippen LogP contribution is -2.37. The van der Waals surface area contributed by atoms with Gasteiger partial charge in [0.2, 0.25) is 0 Å². The van der Waals surface area contributed by atoms with Gasteiger partial charge in [-0.15, -0.1) is 0 Å². The molecule has 0 bridgehead atoms. The second-order valence-corrected chi connectivity index (χ2v) is 5.50. The summed E-state index contributed by atoms with van der Waals surface area (Å²) in [6.45, 7) is 3.71. The van der Waals surface area contributed by atoms with Crippen LogP contribution >= 0.6 is 0 Å². The maximum absolute atomic E-state index is 12.6. The van der Waals surface area contributed by atoms with Gasteiger partial charge in [0, 0.05) is 30.6 Å². The van der Waals surface area contributed by atoms with Crippen LogP contribution in [0.5, 0.6) is 0 Å². The first-order chi connectivity index (χ1) is 10.2. The third-order valence-corrected chi connectivity index (χ3v) is 3.95. The largest absolute Gasteiger partial charge is 0.395 e. The van der Waals surface area contributed by atoms with E-state index in [1.54, 1.807) is 0 Å². The molecule has 3 nitrogen and oxygen atoms in total. The highest BCUT2D eigenvalue weighted by Crippen LogP contribution is 2.27. The fourth-order valence-electron chi connectivity index (χ4n) is 2.48. The Bertz CT molecular complexity index is 538. The van der Waals surface area contributed by atoms with Gasteiger partial charge < -0.3 is 10.0 Å². The third-order valence-electron chi connectivity index (χ3n) is 3.95. The van der Waals surface area contributed by atoms with E-state index in [-0.39, 0.29) is 12.5 Å². The SMILES string of the molecule is CCN(CC1CCC1)C(=O)c1cccc(C#CCCO)c1. The Hall–Kier alpha value is -1.79. The molecule has 0 unspecified atom stereocenters. The molecule has 1 fully saturated rings. The summed E-state index contributed by atoms with van der Waals surface area (Å²) in [5.41, 5.74) is 1.53. The summed E-state index contributed by atoms with van der Waals surface area (Å²) in [5.74, 6) is 6.64. The van der Waals surface area contributed by atoms with Crippen molar-refractivity contribution in [2.45, 2.75) is 32.6 Å². The van der Waals surface area contributed by atoms with Crippen molar-refractivity contribution >= 4 is 5.91 Å². The van der Waals surface area contributed by atoms with Crippen LogP contribution < -0.4 is 0 Å². The van der Waals surface area contributed by atoms with E-state index in [1.165, 1.54) is 19.3 Å². The lowest BCUT2D eigenvalue weighted by Gasteiger charge is -2.31. The van der Waals surface area contributed by atoms with Gasteiger partial charge in [-0.3, -0.25) is 4.79 Å². The summed E-state index contributed by atoms with van der Waals surface area (Å²) in [7, 11) is 0. The van der Waals surface area contributed by atoms with Crippen LogP contribution in [0.3, 0.4) is 0 Å². The van der Waals surface area contributed by atoms with Gasteiger partial charge in [-0.1, -0.05) is 24.3 Å². The van der Waals surface area contributed by atoms with Gasteiger partial charge in [-0.05, 0) is 43.9 Å². The molecule has 1 aromatic rings. The Balaban J connectivity index is 2.06. The van der Waals surface area contributed by atoms with Crippen LogP contribution in [0.25, 0.3) is 0 Å². The molecular weight excluding hydrogens is 262 g/mol.